The number of hydrogen-bond donors (Lipinski definition) is 1. The third-order valence-corrected chi connectivity index (χ3v) is 1.30. The van der Waals surface area contributed by atoms with Crippen LogP contribution in [0.4, 0.5) is 5.69 Å². The number of non-ortho nitro benzene ring substituents is 1. The number of nitrogens with zero attached hydrogens (tertiary/aromatic N) is 2. The summed E-state index contributed by atoms with van der Waals surface area (Å²) < 4.78 is 0. The molecule has 1 aromatic rings. The van der Waals surface area contributed by atoms with Crippen LogP contribution in [-0.2, 0) is 0 Å². The maximum atomic E-state index is 10.3. The standard InChI is InChI=1S/C7H7N3O2/c8-9-5-6-2-1-3-7(4-6)10(11)12/h1-5H,8H2/b9-5+. The van der Waals surface area contributed by atoms with E-state index in [0.29, 0.717) is 5.56 Å². The Hall–Kier alpha value is -1.91. The number of nitro groups is 1. The third-order valence-electron chi connectivity index (χ3n) is 1.30. The van der Waals surface area contributed by atoms with Crippen molar-refractivity contribution in [1.29, 1.82) is 0 Å². The summed E-state index contributed by atoms with van der Waals surface area (Å²) in [5.41, 5.74) is 0.652. The highest BCUT2D eigenvalue weighted by Gasteiger charge is 2.03. The number of hydrazone groups is 1. The molecule has 0 spiro atoms. The lowest BCUT2D eigenvalue weighted by Crippen LogP contribution is -1.90. The first-order valence-electron chi connectivity index (χ1n) is 3.22. The molecule has 12 heavy (non-hydrogen) atoms. The molecular formula is C7H7N3O2. The Kier molecular flexibility index (Phi) is 2.37. The van der Waals surface area contributed by atoms with E-state index >= 15 is 0 Å². The van der Waals surface area contributed by atoms with Crippen molar-refractivity contribution in [2.24, 2.45) is 10.9 Å². The van der Waals surface area contributed by atoms with Crippen molar-refractivity contribution < 1.29 is 4.92 Å². The molecule has 0 bridgehead atoms. The molecule has 0 aliphatic carbocycles. The SMILES string of the molecule is N/N=C/c1cccc([N+](=O)[O-])c1. The summed E-state index contributed by atoms with van der Waals surface area (Å²) >= 11 is 0. The fraction of sp³-hybridized carbons (Fsp3) is 0. The van der Waals surface area contributed by atoms with E-state index in [0.717, 1.165) is 0 Å². The quantitative estimate of drug-likeness (QED) is 0.305. The lowest BCUT2D eigenvalue weighted by molar-refractivity contribution is -0.384. The third kappa shape index (κ3) is 1.79. The molecule has 0 radical (unpaired) electrons. The van der Waals surface area contributed by atoms with Gasteiger partial charge in [0.2, 0.25) is 0 Å². The van der Waals surface area contributed by atoms with Gasteiger partial charge in [0.25, 0.3) is 5.69 Å². The predicted octanol–water partition coefficient (Wildman–Crippen LogP) is 0.887. The van der Waals surface area contributed by atoms with Crippen molar-refractivity contribution in [3.63, 3.8) is 0 Å². The average Bonchev–Trinajstić information content (AvgIpc) is 2.05. The minimum absolute atomic E-state index is 0.0346. The summed E-state index contributed by atoms with van der Waals surface area (Å²) in [5.74, 6) is 4.89. The van der Waals surface area contributed by atoms with E-state index in [-0.39, 0.29) is 5.69 Å². The molecule has 0 aliphatic rings. The second-order valence-electron chi connectivity index (χ2n) is 2.13. The van der Waals surface area contributed by atoms with Gasteiger partial charge in [-0.2, -0.15) is 5.10 Å². The van der Waals surface area contributed by atoms with Crippen LogP contribution in [0.15, 0.2) is 29.4 Å². The van der Waals surface area contributed by atoms with Gasteiger partial charge in [-0.25, -0.2) is 0 Å². The summed E-state index contributed by atoms with van der Waals surface area (Å²) in [4.78, 5) is 9.82. The fourth-order valence-electron chi connectivity index (χ4n) is 0.805. The lowest BCUT2D eigenvalue weighted by Gasteiger charge is -1.91. The zero-order valence-corrected chi connectivity index (χ0v) is 6.18. The van der Waals surface area contributed by atoms with Crippen molar-refractivity contribution in [1.82, 2.24) is 0 Å². The van der Waals surface area contributed by atoms with Crippen molar-refractivity contribution in [3.05, 3.63) is 39.9 Å². The van der Waals surface area contributed by atoms with Gasteiger partial charge in [0.05, 0.1) is 11.1 Å². The minimum Gasteiger partial charge on any atom is -0.323 e. The van der Waals surface area contributed by atoms with Gasteiger partial charge in [0.15, 0.2) is 0 Å². The molecule has 0 amide bonds. The number of benzene rings is 1. The van der Waals surface area contributed by atoms with Gasteiger partial charge < -0.3 is 5.84 Å². The Bertz CT molecular complexity index is 322. The Labute approximate surface area is 68.7 Å². The van der Waals surface area contributed by atoms with Gasteiger partial charge in [0, 0.05) is 17.7 Å². The van der Waals surface area contributed by atoms with Crippen molar-refractivity contribution >= 4 is 11.9 Å². The van der Waals surface area contributed by atoms with Gasteiger partial charge in [-0.1, -0.05) is 12.1 Å². The highest BCUT2D eigenvalue weighted by atomic mass is 16.6. The molecule has 0 heterocycles. The first kappa shape index (κ1) is 8.19. The molecule has 1 aromatic carbocycles. The molecule has 5 heteroatoms. The van der Waals surface area contributed by atoms with Crippen LogP contribution in [0.5, 0.6) is 0 Å². The minimum atomic E-state index is -0.464. The molecule has 1 rings (SSSR count). The predicted molar refractivity (Wildman–Crippen MR) is 44.9 cm³/mol. The van der Waals surface area contributed by atoms with Crippen molar-refractivity contribution in [2.75, 3.05) is 0 Å². The Morgan fingerprint density at radius 2 is 2.33 bits per heavy atom. The smallest absolute Gasteiger partial charge is 0.270 e. The topological polar surface area (TPSA) is 81.5 Å². The van der Waals surface area contributed by atoms with Crippen LogP contribution in [0.25, 0.3) is 0 Å². The van der Waals surface area contributed by atoms with Gasteiger partial charge in [-0.15, -0.1) is 0 Å². The molecule has 0 unspecified atom stereocenters. The highest BCUT2D eigenvalue weighted by molar-refractivity contribution is 5.80. The summed E-state index contributed by atoms with van der Waals surface area (Å²) in [5, 5.41) is 13.5. The average molecular weight is 165 g/mol. The van der Waals surface area contributed by atoms with Gasteiger partial charge >= 0.3 is 0 Å². The molecule has 5 nitrogen and oxygen atoms in total. The molecule has 0 aliphatic heterocycles. The zero-order chi connectivity index (χ0) is 8.97. The second kappa shape index (κ2) is 3.47. The summed E-state index contributed by atoms with van der Waals surface area (Å²) in [6, 6.07) is 6.07. The van der Waals surface area contributed by atoms with Crippen molar-refractivity contribution in [3.8, 4) is 0 Å². The number of hydrogen-bond acceptors (Lipinski definition) is 4. The summed E-state index contributed by atoms with van der Waals surface area (Å²) in [7, 11) is 0. The normalized spacial score (nSPS) is 10.3. The Balaban J connectivity index is 3.03. The van der Waals surface area contributed by atoms with E-state index in [4.69, 9.17) is 5.84 Å². The van der Waals surface area contributed by atoms with Gasteiger partial charge in [-0.3, -0.25) is 10.1 Å². The highest BCUT2D eigenvalue weighted by Crippen LogP contribution is 2.11. The van der Waals surface area contributed by atoms with Crippen LogP contribution in [0.1, 0.15) is 5.56 Å². The Morgan fingerprint density at radius 3 is 2.92 bits per heavy atom. The summed E-state index contributed by atoms with van der Waals surface area (Å²) in [6.07, 6.45) is 1.35. The first-order chi connectivity index (χ1) is 5.74. The van der Waals surface area contributed by atoms with Crippen LogP contribution in [0, 0.1) is 10.1 Å². The molecule has 0 atom stereocenters. The van der Waals surface area contributed by atoms with Crippen molar-refractivity contribution in [2.45, 2.75) is 0 Å². The zero-order valence-electron chi connectivity index (χ0n) is 6.18. The van der Waals surface area contributed by atoms with Crippen LogP contribution >= 0.6 is 0 Å². The van der Waals surface area contributed by atoms with Crippen LogP contribution < -0.4 is 5.84 Å². The van der Waals surface area contributed by atoms with Gasteiger partial charge in [0.1, 0.15) is 0 Å². The molecular weight excluding hydrogens is 158 g/mol. The molecule has 0 saturated heterocycles. The molecule has 2 N–H and O–H groups in total. The van der Waals surface area contributed by atoms with E-state index in [2.05, 4.69) is 5.10 Å². The van der Waals surface area contributed by atoms with E-state index in [1.165, 1.54) is 18.3 Å². The van der Waals surface area contributed by atoms with Crippen LogP contribution in [0.2, 0.25) is 0 Å². The maximum Gasteiger partial charge on any atom is 0.270 e. The molecule has 62 valence electrons. The lowest BCUT2D eigenvalue weighted by atomic mass is 10.2. The number of rotatable bonds is 2. The maximum absolute atomic E-state index is 10.3. The molecule has 0 fully saturated rings. The Morgan fingerprint density at radius 1 is 1.58 bits per heavy atom. The van der Waals surface area contributed by atoms with E-state index in [1.54, 1.807) is 12.1 Å². The monoisotopic (exact) mass is 165 g/mol. The number of nitro benzene ring substituents is 1. The summed E-state index contributed by atoms with van der Waals surface area (Å²) in [6.45, 7) is 0. The van der Waals surface area contributed by atoms with Crippen LogP contribution in [-0.4, -0.2) is 11.1 Å². The number of nitrogens with two attached hydrogens (primary N) is 1. The molecule has 0 saturated carbocycles. The largest absolute Gasteiger partial charge is 0.323 e. The fourth-order valence-corrected chi connectivity index (χ4v) is 0.805. The van der Waals surface area contributed by atoms with E-state index < -0.39 is 4.92 Å². The van der Waals surface area contributed by atoms with E-state index in [1.807, 2.05) is 0 Å². The molecule has 0 aromatic heterocycles. The van der Waals surface area contributed by atoms with E-state index in [9.17, 15) is 10.1 Å². The van der Waals surface area contributed by atoms with Crippen LogP contribution in [0.3, 0.4) is 0 Å². The first-order valence-corrected chi connectivity index (χ1v) is 3.22. The van der Waals surface area contributed by atoms with Gasteiger partial charge in [-0.05, 0) is 0 Å². The second-order valence-corrected chi connectivity index (χ2v) is 2.13.